The SMILES string of the molecule is CCCCCCCCCCCCCCCCOC1C(O)C(Cn2cc(P(OCOC(=O)C(C)(C)C)OCOC(=O)C(C)(C)C)nn2)OC1n1ccc(=O)[nH]c1=O. The number of aromatic amines is 1. The first kappa shape index (κ1) is 47.4. The molecule has 0 saturated carbocycles. The quantitative estimate of drug-likeness (QED) is 0.0485. The molecule has 0 spiro atoms. The van der Waals surface area contributed by atoms with E-state index in [9.17, 15) is 24.3 Å². The zero-order valence-corrected chi connectivity index (χ0v) is 35.4. The highest BCUT2D eigenvalue weighted by molar-refractivity contribution is 7.55. The molecule has 1 aliphatic rings. The van der Waals surface area contributed by atoms with Gasteiger partial charge in [0.15, 0.2) is 25.2 Å². The number of aliphatic hydroxyl groups excluding tert-OH is 1. The standard InChI is InChI=1S/C39H66N5O11P/c1-8-9-10-11-12-13-14-15-16-17-18-19-20-21-24-50-33-32(46)29(55-34(33)44-23-22-30(45)40-37(44)49)25-43-26-31(41-42-43)56(53-27-51-35(47)38(2,3)4)54-28-52-36(48)39(5,6)7/h22-23,26,29,32-34,46H,8-21,24-25,27-28H2,1-7H3,(H,40,45,49). The highest BCUT2D eigenvalue weighted by Crippen LogP contribution is 2.37. The molecule has 3 heterocycles. The number of esters is 2. The summed E-state index contributed by atoms with van der Waals surface area (Å²) in [5, 5.41) is 19.8. The topological polar surface area (TPSA) is 195 Å². The molecular formula is C39H66N5O11P. The maximum absolute atomic E-state index is 12.8. The highest BCUT2D eigenvalue weighted by Gasteiger charge is 2.46. The first-order chi connectivity index (χ1) is 26.6. The number of rotatable bonds is 26. The number of ether oxygens (including phenoxy) is 4. The Morgan fingerprint density at radius 3 is 1.86 bits per heavy atom. The van der Waals surface area contributed by atoms with Gasteiger partial charge in [-0.1, -0.05) is 95.6 Å². The molecule has 4 unspecified atom stereocenters. The maximum Gasteiger partial charge on any atom is 0.330 e. The fraction of sp³-hybridized carbons (Fsp3) is 0.795. The number of hydrogen-bond donors (Lipinski definition) is 2. The molecule has 0 aromatic carbocycles. The first-order valence-electron chi connectivity index (χ1n) is 20.2. The van der Waals surface area contributed by atoms with Crippen molar-refractivity contribution in [3.8, 4) is 0 Å². The molecular weight excluding hydrogens is 745 g/mol. The summed E-state index contributed by atoms with van der Waals surface area (Å²) in [5.74, 6) is -0.972. The van der Waals surface area contributed by atoms with Crippen LogP contribution >= 0.6 is 8.38 Å². The Hall–Kier alpha value is -3.01. The summed E-state index contributed by atoms with van der Waals surface area (Å²) in [5.41, 5.74) is -2.54. The van der Waals surface area contributed by atoms with Gasteiger partial charge in [0.1, 0.15) is 18.3 Å². The minimum Gasteiger partial charge on any atom is -0.438 e. The Balaban J connectivity index is 1.57. The van der Waals surface area contributed by atoms with Gasteiger partial charge in [0.05, 0.1) is 23.6 Å². The molecule has 17 heteroatoms. The Morgan fingerprint density at radius 2 is 1.36 bits per heavy atom. The first-order valence-corrected chi connectivity index (χ1v) is 21.4. The van der Waals surface area contributed by atoms with E-state index in [1.807, 2.05) is 0 Å². The maximum atomic E-state index is 12.8. The summed E-state index contributed by atoms with van der Waals surface area (Å²) in [7, 11) is -2.04. The second kappa shape index (κ2) is 24.0. The Morgan fingerprint density at radius 1 is 0.839 bits per heavy atom. The Bertz CT molecular complexity index is 1540. The summed E-state index contributed by atoms with van der Waals surface area (Å²) in [4.78, 5) is 51.4. The molecule has 4 atom stereocenters. The lowest BCUT2D eigenvalue weighted by Crippen LogP contribution is -2.39. The van der Waals surface area contributed by atoms with E-state index in [-0.39, 0.29) is 12.0 Å². The van der Waals surface area contributed by atoms with Gasteiger partial charge in [0, 0.05) is 18.9 Å². The molecule has 0 aliphatic carbocycles. The number of aromatic nitrogens is 5. The Labute approximate surface area is 332 Å². The number of aliphatic hydroxyl groups is 1. The summed E-state index contributed by atoms with van der Waals surface area (Å²) in [6.07, 6.45) is 16.0. The number of nitrogens with zero attached hydrogens (tertiary/aromatic N) is 4. The van der Waals surface area contributed by atoms with Crippen molar-refractivity contribution in [3.63, 3.8) is 0 Å². The number of unbranched alkanes of at least 4 members (excludes halogenated alkanes) is 13. The van der Waals surface area contributed by atoms with E-state index in [0.717, 1.165) is 19.3 Å². The molecule has 0 radical (unpaired) electrons. The molecule has 1 aliphatic heterocycles. The van der Waals surface area contributed by atoms with Crippen molar-refractivity contribution >= 4 is 25.7 Å². The van der Waals surface area contributed by atoms with Crippen molar-refractivity contribution in [2.45, 2.75) is 169 Å². The van der Waals surface area contributed by atoms with Crippen LogP contribution in [0.4, 0.5) is 0 Å². The number of nitrogens with one attached hydrogen (secondary N) is 1. The van der Waals surface area contributed by atoms with Crippen LogP contribution in [0.25, 0.3) is 0 Å². The molecule has 16 nitrogen and oxygen atoms in total. The van der Waals surface area contributed by atoms with Gasteiger partial charge in [-0.3, -0.25) is 33.0 Å². The van der Waals surface area contributed by atoms with Crippen LogP contribution in [0.1, 0.15) is 145 Å². The van der Waals surface area contributed by atoms with Gasteiger partial charge < -0.3 is 24.1 Å². The van der Waals surface area contributed by atoms with Crippen molar-refractivity contribution in [1.82, 2.24) is 24.5 Å². The minimum atomic E-state index is -2.04. The van der Waals surface area contributed by atoms with Gasteiger partial charge in [-0.2, -0.15) is 0 Å². The summed E-state index contributed by atoms with van der Waals surface area (Å²) >= 11 is 0. The van der Waals surface area contributed by atoms with E-state index in [1.165, 1.54) is 98.3 Å². The third-order valence-electron chi connectivity index (χ3n) is 9.27. The fourth-order valence-corrected chi connectivity index (χ4v) is 6.90. The van der Waals surface area contributed by atoms with Crippen molar-refractivity contribution in [2.75, 3.05) is 20.2 Å². The Kier molecular flexibility index (Phi) is 20.3. The van der Waals surface area contributed by atoms with Crippen LogP contribution in [0, 0.1) is 10.8 Å². The molecule has 3 rings (SSSR count). The molecule has 2 N–H and O–H groups in total. The fourth-order valence-electron chi connectivity index (χ4n) is 5.92. The van der Waals surface area contributed by atoms with Gasteiger partial charge in [0.25, 0.3) is 5.56 Å². The van der Waals surface area contributed by atoms with E-state index in [1.54, 1.807) is 41.5 Å². The number of hydrogen-bond acceptors (Lipinski definition) is 13. The second-order valence-corrected chi connectivity index (χ2v) is 17.9. The van der Waals surface area contributed by atoms with E-state index in [4.69, 9.17) is 28.0 Å². The highest BCUT2D eigenvalue weighted by atomic mass is 31.2. The van der Waals surface area contributed by atoms with Crippen LogP contribution in [0.5, 0.6) is 0 Å². The van der Waals surface area contributed by atoms with E-state index in [0.29, 0.717) is 6.61 Å². The monoisotopic (exact) mass is 811 g/mol. The molecule has 0 amide bonds. The third-order valence-corrected chi connectivity index (χ3v) is 10.5. The van der Waals surface area contributed by atoms with E-state index in [2.05, 4.69) is 22.2 Å². The summed E-state index contributed by atoms with van der Waals surface area (Å²) in [6.45, 7) is 12.0. The van der Waals surface area contributed by atoms with E-state index < -0.39 is 80.5 Å². The molecule has 1 saturated heterocycles. The van der Waals surface area contributed by atoms with Crippen molar-refractivity contribution in [1.29, 1.82) is 0 Å². The number of H-pyrrole nitrogens is 1. The van der Waals surface area contributed by atoms with E-state index >= 15 is 0 Å². The predicted octanol–water partition coefficient (Wildman–Crippen LogP) is 6.02. The van der Waals surface area contributed by atoms with Crippen molar-refractivity contribution < 1.29 is 42.7 Å². The average molecular weight is 812 g/mol. The van der Waals surface area contributed by atoms with Crippen molar-refractivity contribution in [3.05, 3.63) is 39.3 Å². The molecule has 2 aromatic rings. The second-order valence-electron chi connectivity index (χ2n) is 16.4. The molecule has 0 bridgehead atoms. The summed E-state index contributed by atoms with van der Waals surface area (Å²) in [6, 6.07) is 1.21. The van der Waals surface area contributed by atoms with Gasteiger partial charge in [-0.15, -0.1) is 5.10 Å². The van der Waals surface area contributed by atoms with Crippen LogP contribution in [0.3, 0.4) is 0 Å². The van der Waals surface area contributed by atoms with Gasteiger partial charge >= 0.3 is 17.6 Å². The van der Waals surface area contributed by atoms with Crippen molar-refractivity contribution in [2.24, 2.45) is 10.8 Å². The normalized spacial score (nSPS) is 18.8. The minimum absolute atomic E-state index is 0.00266. The third kappa shape index (κ3) is 16.5. The van der Waals surface area contributed by atoms with Crippen LogP contribution < -0.4 is 16.7 Å². The van der Waals surface area contributed by atoms with Gasteiger partial charge in [-0.25, -0.2) is 9.48 Å². The van der Waals surface area contributed by atoms with Crippen LogP contribution in [0.15, 0.2) is 28.0 Å². The molecule has 318 valence electrons. The zero-order chi connectivity index (χ0) is 41.1. The van der Waals surface area contributed by atoms with Gasteiger partial charge in [-0.05, 0) is 48.0 Å². The number of carbonyl (C=O) groups excluding carboxylic acids is 2. The largest absolute Gasteiger partial charge is 0.438 e. The lowest BCUT2D eigenvalue weighted by Gasteiger charge is -2.22. The lowest BCUT2D eigenvalue weighted by atomic mass is 9.98. The van der Waals surface area contributed by atoms with Crippen LogP contribution in [-0.2, 0) is 44.1 Å². The number of carbonyl (C=O) groups is 2. The smallest absolute Gasteiger partial charge is 0.330 e. The molecule has 2 aromatic heterocycles. The van der Waals surface area contributed by atoms with Gasteiger partial charge in [0.2, 0.25) is 8.38 Å². The molecule has 1 fully saturated rings. The summed E-state index contributed by atoms with van der Waals surface area (Å²) < 4.78 is 36.9. The average Bonchev–Trinajstić information content (AvgIpc) is 3.72. The zero-order valence-electron chi connectivity index (χ0n) is 34.5. The molecule has 56 heavy (non-hydrogen) atoms. The van der Waals surface area contributed by atoms with Crippen LogP contribution in [-0.4, -0.2) is 80.1 Å². The lowest BCUT2D eigenvalue weighted by molar-refractivity contribution is -0.161. The predicted molar refractivity (Wildman–Crippen MR) is 211 cm³/mol. The van der Waals surface area contributed by atoms with Crippen LogP contribution in [0.2, 0.25) is 0 Å².